The molecule has 1 aromatic carbocycles. The first kappa shape index (κ1) is 21.0. The third-order valence-corrected chi connectivity index (χ3v) is 5.07. The lowest BCUT2D eigenvalue weighted by Crippen LogP contribution is -2.07. The van der Waals surface area contributed by atoms with Crippen LogP contribution in [0.5, 0.6) is 0 Å². The second-order valence-corrected chi connectivity index (χ2v) is 7.51. The Kier molecular flexibility index (Phi) is 9.03. The molecule has 5 nitrogen and oxygen atoms in total. The third kappa shape index (κ3) is 6.77. The first-order chi connectivity index (χ1) is 12.1. The Morgan fingerprint density at radius 3 is 2.52 bits per heavy atom. The second kappa shape index (κ2) is 10.7. The maximum absolute atomic E-state index is 11.6. The van der Waals surface area contributed by atoms with Crippen molar-refractivity contribution < 1.29 is 12.7 Å². The molecule has 0 radical (unpaired) electrons. The molecular weight excluding hydrogens is 356 g/mol. The van der Waals surface area contributed by atoms with E-state index in [1.165, 1.54) is 11.8 Å². The number of unbranched alkanes of at least 4 members (excludes halogenated alkanes) is 1. The molecule has 1 aliphatic heterocycles. The zero-order valence-electron chi connectivity index (χ0n) is 14.6. The van der Waals surface area contributed by atoms with Crippen molar-refractivity contribution in [2.24, 2.45) is 5.16 Å². The summed E-state index contributed by atoms with van der Waals surface area (Å²) in [5, 5.41) is 13.4. The van der Waals surface area contributed by atoms with Crippen LogP contribution in [0.3, 0.4) is 0 Å². The Morgan fingerprint density at radius 2 is 1.92 bits per heavy atom. The van der Waals surface area contributed by atoms with Crippen LogP contribution in [-0.2, 0) is 14.4 Å². The Hall–Kier alpha value is -2.04. The summed E-state index contributed by atoms with van der Waals surface area (Å²) in [6.07, 6.45) is 4.67. The minimum absolute atomic E-state index is 0.0508. The van der Waals surface area contributed by atoms with Crippen molar-refractivity contribution in [2.75, 3.05) is 5.75 Å². The number of hydrogen-bond acceptors (Lipinski definition) is 6. The maximum atomic E-state index is 11.6. The topological polar surface area (TPSA) is 79.5 Å². The largest absolute Gasteiger partial charge is 0.328 e. The SMILES string of the molecule is CC.CCCCS(=O)(=O)ON=C1C=CC(=C(C#N)c2ccccc2)S1. The Balaban J connectivity index is 0.00000151. The molecule has 0 aliphatic carbocycles. The van der Waals surface area contributed by atoms with E-state index in [-0.39, 0.29) is 5.75 Å². The standard InChI is InChI=1S/C16H16N2O3S2.C2H6/c1-2-3-11-23(19,20)21-18-16-10-9-15(22-16)14(12-17)13-7-5-4-6-8-13;1-2/h4-10H,2-3,11H2,1H3;1-2H3. The highest BCUT2D eigenvalue weighted by Crippen LogP contribution is 2.33. The first-order valence-electron chi connectivity index (χ1n) is 8.11. The van der Waals surface area contributed by atoms with E-state index in [0.717, 1.165) is 12.0 Å². The Morgan fingerprint density at radius 1 is 1.24 bits per heavy atom. The van der Waals surface area contributed by atoms with Crippen molar-refractivity contribution in [3.8, 4) is 6.07 Å². The van der Waals surface area contributed by atoms with Gasteiger partial charge in [-0.3, -0.25) is 4.28 Å². The molecule has 0 amide bonds. The number of hydrogen-bond donors (Lipinski definition) is 0. The lowest BCUT2D eigenvalue weighted by Gasteiger charge is -2.02. The summed E-state index contributed by atoms with van der Waals surface area (Å²) in [6.45, 7) is 5.90. The summed E-state index contributed by atoms with van der Waals surface area (Å²) in [7, 11) is -3.64. The van der Waals surface area contributed by atoms with Crippen molar-refractivity contribution in [3.63, 3.8) is 0 Å². The smallest absolute Gasteiger partial charge is 0.267 e. The minimum atomic E-state index is -3.64. The highest BCUT2D eigenvalue weighted by molar-refractivity contribution is 8.18. The van der Waals surface area contributed by atoms with Crippen molar-refractivity contribution in [3.05, 3.63) is 53.0 Å². The van der Waals surface area contributed by atoms with E-state index in [0.29, 0.717) is 21.9 Å². The van der Waals surface area contributed by atoms with Crippen LogP contribution in [-0.4, -0.2) is 19.2 Å². The van der Waals surface area contributed by atoms with Gasteiger partial charge in [0.25, 0.3) is 0 Å². The molecule has 134 valence electrons. The number of nitriles is 1. The molecule has 0 N–H and O–H groups in total. The van der Waals surface area contributed by atoms with Crippen molar-refractivity contribution in [1.82, 2.24) is 0 Å². The molecule has 0 spiro atoms. The highest BCUT2D eigenvalue weighted by atomic mass is 32.2. The monoisotopic (exact) mass is 378 g/mol. The summed E-state index contributed by atoms with van der Waals surface area (Å²) < 4.78 is 27.9. The van der Waals surface area contributed by atoms with E-state index >= 15 is 0 Å². The van der Waals surface area contributed by atoms with Gasteiger partial charge in [0.15, 0.2) is 0 Å². The van der Waals surface area contributed by atoms with E-state index in [2.05, 4.69) is 15.5 Å². The van der Waals surface area contributed by atoms with Gasteiger partial charge >= 0.3 is 10.1 Å². The van der Waals surface area contributed by atoms with Crippen LogP contribution in [0.2, 0.25) is 0 Å². The van der Waals surface area contributed by atoms with Gasteiger partial charge in [0.05, 0.1) is 11.3 Å². The second-order valence-electron chi connectivity index (χ2n) is 4.77. The predicted molar refractivity (Wildman–Crippen MR) is 104 cm³/mol. The molecule has 0 bridgehead atoms. The van der Waals surface area contributed by atoms with Gasteiger partial charge in [-0.05, 0) is 24.1 Å². The van der Waals surface area contributed by atoms with Crippen LogP contribution in [0.1, 0.15) is 39.2 Å². The minimum Gasteiger partial charge on any atom is -0.267 e. The van der Waals surface area contributed by atoms with Crippen molar-refractivity contribution in [2.45, 2.75) is 33.6 Å². The number of benzene rings is 1. The number of allylic oxidation sites excluding steroid dienone is 2. The average molecular weight is 379 g/mol. The fourth-order valence-electron chi connectivity index (χ4n) is 1.83. The van der Waals surface area contributed by atoms with E-state index in [1.807, 2.05) is 51.1 Å². The fourth-order valence-corrected chi connectivity index (χ4v) is 3.63. The predicted octanol–water partition coefficient (Wildman–Crippen LogP) is 4.71. The van der Waals surface area contributed by atoms with Crippen LogP contribution in [0.15, 0.2) is 52.5 Å². The van der Waals surface area contributed by atoms with Gasteiger partial charge in [0.1, 0.15) is 11.1 Å². The summed E-state index contributed by atoms with van der Waals surface area (Å²) >= 11 is 1.21. The zero-order valence-corrected chi connectivity index (χ0v) is 16.2. The molecule has 1 aromatic rings. The van der Waals surface area contributed by atoms with Gasteiger partial charge in [-0.2, -0.15) is 13.7 Å². The normalized spacial score (nSPS) is 16.8. The first-order valence-corrected chi connectivity index (χ1v) is 10.5. The van der Waals surface area contributed by atoms with Gasteiger partial charge in [-0.25, -0.2) is 0 Å². The number of thioether (sulfide) groups is 1. The van der Waals surface area contributed by atoms with Crippen LogP contribution in [0, 0.1) is 11.3 Å². The quantitative estimate of drug-likeness (QED) is 0.529. The molecule has 0 saturated heterocycles. The van der Waals surface area contributed by atoms with Crippen LogP contribution >= 0.6 is 11.8 Å². The molecule has 1 aliphatic rings. The maximum Gasteiger partial charge on any atom is 0.328 e. The third-order valence-electron chi connectivity index (χ3n) is 3.00. The number of oxime groups is 1. The molecule has 1 heterocycles. The number of nitrogens with zero attached hydrogens (tertiary/aromatic N) is 2. The average Bonchev–Trinajstić information content (AvgIpc) is 3.10. The summed E-state index contributed by atoms with van der Waals surface area (Å²) in [6, 6.07) is 11.5. The molecule has 0 aromatic heterocycles. The van der Waals surface area contributed by atoms with Gasteiger partial charge < -0.3 is 0 Å². The van der Waals surface area contributed by atoms with E-state index < -0.39 is 10.1 Å². The lowest BCUT2D eigenvalue weighted by molar-refractivity contribution is 0.340. The molecular formula is C18H22N2O3S2. The van der Waals surface area contributed by atoms with Gasteiger partial charge in [0, 0.05) is 4.91 Å². The molecule has 0 atom stereocenters. The molecule has 7 heteroatoms. The molecule has 0 saturated carbocycles. The van der Waals surface area contributed by atoms with Crippen molar-refractivity contribution >= 4 is 32.5 Å². The Bertz CT molecular complexity index is 789. The molecule has 0 unspecified atom stereocenters. The van der Waals surface area contributed by atoms with Gasteiger partial charge in [-0.1, -0.05) is 74.4 Å². The fraction of sp³-hybridized carbons (Fsp3) is 0.333. The molecule has 25 heavy (non-hydrogen) atoms. The molecule has 0 fully saturated rings. The highest BCUT2D eigenvalue weighted by Gasteiger charge is 2.17. The van der Waals surface area contributed by atoms with Gasteiger partial charge in [0.2, 0.25) is 0 Å². The summed E-state index contributed by atoms with van der Waals surface area (Å²) in [5.41, 5.74) is 1.32. The van der Waals surface area contributed by atoms with Gasteiger partial charge in [-0.15, -0.1) is 0 Å². The van der Waals surface area contributed by atoms with Crippen LogP contribution in [0.25, 0.3) is 5.57 Å². The van der Waals surface area contributed by atoms with E-state index in [9.17, 15) is 13.7 Å². The van der Waals surface area contributed by atoms with Crippen molar-refractivity contribution in [1.29, 1.82) is 5.26 Å². The zero-order chi connectivity index (χ0) is 18.7. The summed E-state index contributed by atoms with van der Waals surface area (Å²) in [4.78, 5) is 0.715. The van der Waals surface area contributed by atoms with Crippen LogP contribution < -0.4 is 0 Å². The van der Waals surface area contributed by atoms with E-state index in [1.54, 1.807) is 12.2 Å². The van der Waals surface area contributed by atoms with Crippen LogP contribution in [0.4, 0.5) is 0 Å². The summed E-state index contributed by atoms with van der Waals surface area (Å²) in [5.74, 6) is -0.0508. The Labute approximate surface area is 154 Å². The number of rotatable bonds is 6. The molecule has 2 rings (SSSR count). The lowest BCUT2D eigenvalue weighted by atomic mass is 10.1. The van der Waals surface area contributed by atoms with E-state index in [4.69, 9.17) is 0 Å².